The average Bonchev–Trinajstić information content (AvgIpc) is 3.29. The Bertz CT molecular complexity index is 1760. The molecule has 0 fully saturated rings. The molecule has 8 aromatic carbocycles. The van der Waals surface area contributed by atoms with Gasteiger partial charge in [0.25, 0.3) is 0 Å². The zero-order valence-electron chi connectivity index (χ0n) is 32.2. The number of hydrogen-bond donors (Lipinski definition) is 0. The Hall–Kier alpha value is -3.86. The first-order chi connectivity index (χ1) is 27.8. The largest absolute Gasteiger partial charge is 2.00 e. The first-order valence-corrected chi connectivity index (χ1v) is 26.5. The van der Waals surface area contributed by atoms with Gasteiger partial charge < -0.3 is 0 Å². The van der Waals surface area contributed by atoms with Crippen LogP contribution < -0.4 is 42.4 Å². The minimum absolute atomic E-state index is 0. The second-order valence-corrected chi connectivity index (χ2v) is 24.3. The molecule has 0 nitrogen and oxygen atoms in total. The molecule has 0 spiro atoms. The molecule has 8 aromatic rings. The number of hydrogen-bond acceptors (Lipinski definition) is 0. The second-order valence-electron chi connectivity index (χ2n) is 13.8. The molecule has 284 valence electrons. The Morgan fingerprint density at radius 2 is 0.281 bits per heavy atom. The molecule has 0 N–H and O–H groups in total. The van der Waals surface area contributed by atoms with E-state index in [1.807, 2.05) is 0 Å². The summed E-state index contributed by atoms with van der Waals surface area (Å²) >= 11 is 0. The Balaban J connectivity index is 0.000000189. The normalized spacial score (nSPS) is 10.9. The van der Waals surface area contributed by atoms with Crippen LogP contribution in [0.25, 0.3) is 0 Å². The molecule has 0 saturated carbocycles. The number of benzene rings is 8. The van der Waals surface area contributed by atoms with E-state index >= 15 is 0 Å². The van der Waals surface area contributed by atoms with Crippen LogP contribution in [-0.2, 0) is 20.4 Å². The molecule has 0 aliphatic heterocycles. The SMILES string of the molecule is [Pd+2].c1ccc([PH+](CC[PH+](c2ccccc2)c2ccccc2)c2ccccc2)cc1.c1ccc([PH+](CC[PH+](c2ccccc2)c2ccccc2)c2ccccc2)cc1. The van der Waals surface area contributed by atoms with Crippen LogP contribution in [0.1, 0.15) is 0 Å². The molecule has 0 aliphatic rings. The van der Waals surface area contributed by atoms with Crippen molar-refractivity contribution in [2.24, 2.45) is 0 Å². The summed E-state index contributed by atoms with van der Waals surface area (Å²) in [5.74, 6) is 0. The fourth-order valence-corrected chi connectivity index (χ4v) is 19.8. The van der Waals surface area contributed by atoms with Crippen LogP contribution in [0, 0.1) is 0 Å². The van der Waals surface area contributed by atoms with Crippen LogP contribution in [0.4, 0.5) is 0 Å². The Labute approximate surface area is 359 Å². The van der Waals surface area contributed by atoms with E-state index in [4.69, 9.17) is 0 Å². The van der Waals surface area contributed by atoms with Crippen LogP contribution in [0.15, 0.2) is 243 Å². The molecule has 57 heavy (non-hydrogen) atoms. The van der Waals surface area contributed by atoms with E-state index in [1.165, 1.54) is 67.1 Å². The van der Waals surface area contributed by atoms with E-state index in [9.17, 15) is 0 Å². The van der Waals surface area contributed by atoms with Crippen LogP contribution >= 0.6 is 31.7 Å². The molecular formula is C52H52P4Pd+6. The van der Waals surface area contributed by atoms with E-state index in [2.05, 4.69) is 243 Å². The van der Waals surface area contributed by atoms with Crippen molar-refractivity contribution >= 4 is 74.1 Å². The van der Waals surface area contributed by atoms with Crippen molar-refractivity contribution in [2.45, 2.75) is 0 Å². The average molecular weight is 907 g/mol. The zero-order valence-corrected chi connectivity index (χ0v) is 37.8. The van der Waals surface area contributed by atoms with Crippen LogP contribution in [0.5, 0.6) is 0 Å². The number of rotatable bonds is 14. The molecule has 8 rings (SSSR count). The summed E-state index contributed by atoms with van der Waals surface area (Å²) in [6.45, 7) is 0. The van der Waals surface area contributed by atoms with Crippen molar-refractivity contribution in [1.82, 2.24) is 0 Å². The molecule has 0 saturated heterocycles. The maximum atomic E-state index is 2.32. The molecule has 0 aliphatic carbocycles. The van der Waals surface area contributed by atoms with E-state index in [0.717, 1.165) is 0 Å². The standard InChI is InChI=1S/2C26H24P2.Pd/c2*1-5-13-23(14-6-1)27(24-15-7-2-8-16-24)21-22-28(25-17-9-3-10-18-25)26-19-11-4-12-20-26;/h2*1-20H,21-22H2;/q;;+2/p+4. The summed E-state index contributed by atoms with van der Waals surface area (Å²) in [5, 5.41) is 12.1. The summed E-state index contributed by atoms with van der Waals surface area (Å²) in [4.78, 5) is 0. The van der Waals surface area contributed by atoms with E-state index in [0.29, 0.717) is 0 Å². The molecule has 0 unspecified atom stereocenters. The fraction of sp³-hybridized carbons (Fsp3) is 0.0769. The van der Waals surface area contributed by atoms with Crippen molar-refractivity contribution in [3.8, 4) is 0 Å². The van der Waals surface area contributed by atoms with E-state index in [1.54, 1.807) is 0 Å². The molecular weight excluding hydrogens is 855 g/mol. The fourth-order valence-electron chi connectivity index (χ4n) is 7.44. The molecule has 0 radical (unpaired) electrons. The monoisotopic (exact) mass is 906 g/mol. The summed E-state index contributed by atoms with van der Waals surface area (Å²) in [5.41, 5.74) is 0. The van der Waals surface area contributed by atoms with Gasteiger partial charge >= 0.3 is 20.4 Å². The maximum absolute atomic E-state index is 2.32. The van der Waals surface area contributed by atoms with Gasteiger partial charge in [0.15, 0.2) is 0 Å². The van der Waals surface area contributed by atoms with Crippen molar-refractivity contribution in [3.63, 3.8) is 0 Å². The van der Waals surface area contributed by atoms with Gasteiger partial charge in [-0.3, -0.25) is 0 Å². The first-order valence-electron chi connectivity index (χ1n) is 19.7. The summed E-state index contributed by atoms with van der Waals surface area (Å²) in [6.07, 6.45) is 5.04. The predicted octanol–water partition coefficient (Wildman–Crippen LogP) is 9.43. The molecule has 5 heteroatoms. The molecule has 0 heterocycles. The van der Waals surface area contributed by atoms with Gasteiger partial charge in [-0.1, -0.05) is 146 Å². The van der Waals surface area contributed by atoms with Gasteiger partial charge in [0.2, 0.25) is 0 Å². The first kappa shape index (κ1) is 42.7. The Morgan fingerprint density at radius 3 is 0.386 bits per heavy atom. The third kappa shape index (κ3) is 12.6. The Morgan fingerprint density at radius 1 is 0.175 bits per heavy atom. The van der Waals surface area contributed by atoms with Gasteiger partial charge in [-0.05, 0) is 97.1 Å². The summed E-state index contributed by atoms with van der Waals surface area (Å²) in [7, 11) is -3.13. The van der Waals surface area contributed by atoms with Crippen LogP contribution in [-0.4, -0.2) is 24.6 Å². The third-order valence-corrected chi connectivity index (χ3v) is 22.5. The Kier molecular flexibility index (Phi) is 17.6. The van der Waals surface area contributed by atoms with Gasteiger partial charge in [0.05, 0.1) is 74.1 Å². The van der Waals surface area contributed by atoms with E-state index in [-0.39, 0.29) is 20.4 Å². The predicted molar refractivity (Wildman–Crippen MR) is 261 cm³/mol. The quantitative estimate of drug-likeness (QED) is 0.0755. The molecule has 0 amide bonds. The van der Waals surface area contributed by atoms with Crippen LogP contribution in [0.2, 0.25) is 0 Å². The summed E-state index contributed by atoms with van der Waals surface area (Å²) in [6, 6.07) is 89.0. The minimum Gasteiger partial charge on any atom is -0.0620 e. The van der Waals surface area contributed by atoms with E-state index < -0.39 is 31.7 Å². The van der Waals surface area contributed by atoms with Gasteiger partial charge in [0.1, 0.15) is 24.6 Å². The maximum Gasteiger partial charge on any atom is 2.00 e. The van der Waals surface area contributed by atoms with Crippen molar-refractivity contribution in [2.75, 3.05) is 24.6 Å². The van der Waals surface area contributed by atoms with Gasteiger partial charge in [0, 0.05) is 0 Å². The summed E-state index contributed by atoms with van der Waals surface area (Å²) < 4.78 is 0. The van der Waals surface area contributed by atoms with Crippen molar-refractivity contribution in [1.29, 1.82) is 0 Å². The van der Waals surface area contributed by atoms with Gasteiger partial charge in [-0.25, -0.2) is 0 Å². The van der Waals surface area contributed by atoms with Crippen molar-refractivity contribution in [3.05, 3.63) is 243 Å². The molecule has 0 bridgehead atoms. The molecule has 0 atom stereocenters. The van der Waals surface area contributed by atoms with Crippen molar-refractivity contribution < 1.29 is 20.4 Å². The molecule has 0 aromatic heterocycles. The second kappa shape index (κ2) is 23.5. The smallest absolute Gasteiger partial charge is 0.0620 e. The van der Waals surface area contributed by atoms with Gasteiger partial charge in [-0.15, -0.1) is 0 Å². The topological polar surface area (TPSA) is 0 Å². The zero-order chi connectivity index (χ0) is 38.0. The minimum atomic E-state index is -0.783. The van der Waals surface area contributed by atoms with Gasteiger partial charge in [-0.2, -0.15) is 0 Å². The third-order valence-electron chi connectivity index (χ3n) is 10.2. The van der Waals surface area contributed by atoms with Crippen LogP contribution in [0.3, 0.4) is 0 Å².